The van der Waals surface area contributed by atoms with Crippen LogP contribution in [0.4, 0.5) is 0 Å². The lowest BCUT2D eigenvalue weighted by Crippen LogP contribution is -2.47. The van der Waals surface area contributed by atoms with Crippen molar-refractivity contribution in [3.05, 3.63) is 23.8 Å². The number of hydrogen-bond acceptors (Lipinski definition) is 6. The van der Waals surface area contributed by atoms with E-state index in [-0.39, 0.29) is 17.1 Å². The Bertz CT molecular complexity index is 871. The van der Waals surface area contributed by atoms with E-state index in [1.54, 1.807) is 6.07 Å². The number of aliphatic hydroxyl groups excluding tert-OH is 1. The van der Waals surface area contributed by atoms with Crippen LogP contribution in [0.3, 0.4) is 0 Å². The van der Waals surface area contributed by atoms with Gasteiger partial charge in [-0.2, -0.15) is 0 Å². The fourth-order valence-corrected chi connectivity index (χ4v) is 5.66. The van der Waals surface area contributed by atoms with Gasteiger partial charge in [0.15, 0.2) is 11.5 Å². The summed E-state index contributed by atoms with van der Waals surface area (Å²) in [4.78, 5) is 18.0. The summed E-state index contributed by atoms with van der Waals surface area (Å²) in [5.41, 5.74) is 0.745. The Morgan fingerprint density at radius 3 is 2.69 bits per heavy atom. The molecule has 2 aliphatic heterocycles. The van der Waals surface area contributed by atoms with Gasteiger partial charge < -0.3 is 24.6 Å². The molecule has 2 saturated heterocycles. The lowest BCUT2D eigenvalue weighted by molar-refractivity contribution is -0.136. The van der Waals surface area contributed by atoms with E-state index < -0.39 is 6.10 Å². The Hall–Kier alpha value is -1.83. The van der Waals surface area contributed by atoms with Crippen molar-refractivity contribution in [2.75, 3.05) is 46.0 Å². The third kappa shape index (κ3) is 7.36. The second-order valence-electron chi connectivity index (χ2n) is 11.9. The van der Waals surface area contributed by atoms with Gasteiger partial charge in [0.25, 0.3) is 0 Å². The average Bonchev–Trinajstić information content (AvgIpc) is 3.65. The van der Waals surface area contributed by atoms with E-state index in [0.29, 0.717) is 56.3 Å². The largest absolute Gasteiger partial charge is 0.504 e. The summed E-state index contributed by atoms with van der Waals surface area (Å²) in [6.45, 7) is 11.6. The van der Waals surface area contributed by atoms with Crippen molar-refractivity contribution >= 4 is 5.91 Å². The number of fused-ring (bicyclic) bond motifs is 1. The van der Waals surface area contributed by atoms with Crippen LogP contribution in [-0.4, -0.2) is 78.0 Å². The van der Waals surface area contributed by atoms with Gasteiger partial charge in [0.05, 0.1) is 19.3 Å². The summed E-state index contributed by atoms with van der Waals surface area (Å²) < 4.78 is 11.6. The van der Waals surface area contributed by atoms with Crippen LogP contribution in [0.5, 0.6) is 11.5 Å². The minimum atomic E-state index is -0.592. The number of ether oxygens (including phenoxy) is 2. The van der Waals surface area contributed by atoms with E-state index in [1.807, 2.05) is 37.8 Å². The van der Waals surface area contributed by atoms with Gasteiger partial charge in [-0.05, 0) is 81.0 Å². The second kappa shape index (κ2) is 12.1. The van der Waals surface area contributed by atoms with Crippen molar-refractivity contribution in [2.24, 2.45) is 23.2 Å². The second-order valence-corrected chi connectivity index (χ2v) is 11.9. The molecule has 0 radical (unpaired) electrons. The summed E-state index contributed by atoms with van der Waals surface area (Å²) >= 11 is 0. The lowest BCUT2D eigenvalue weighted by atomic mass is 9.80. The van der Waals surface area contributed by atoms with Crippen molar-refractivity contribution in [3.8, 4) is 11.5 Å². The van der Waals surface area contributed by atoms with E-state index in [0.717, 1.165) is 51.0 Å². The number of carbonyl (C=O) groups is 1. The number of carbonyl (C=O) groups excluding carboxylic acids is 1. The minimum absolute atomic E-state index is 0.178. The predicted molar refractivity (Wildman–Crippen MR) is 140 cm³/mol. The number of aromatic hydroxyl groups is 1. The molecule has 4 rings (SSSR count). The fraction of sp³-hybridized carbons (Fsp3) is 0.759. The number of benzene rings is 1. The lowest BCUT2D eigenvalue weighted by Gasteiger charge is -2.39. The van der Waals surface area contributed by atoms with Gasteiger partial charge in [-0.25, -0.2) is 0 Å². The van der Waals surface area contributed by atoms with E-state index in [2.05, 4.69) is 4.90 Å². The minimum Gasteiger partial charge on any atom is -0.504 e. The van der Waals surface area contributed by atoms with Gasteiger partial charge in [-0.1, -0.05) is 19.9 Å². The zero-order valence-corrected chi connectivity index (χ0v) is 22.5. The fourth-order valence-electron chi connectivity index (χ4n) is 5.66. The van der Waals surface area contributed by atoms with Gasteiger partial charge in [0.2, 0.25) is 5.91 Å². The number of rotatable bonds is 6. The molecule has 1 aromatic carbocycles. The van der Waals surface area contributed by atoms with Gasteiger partial charge in [0, 0.05) is 44.6 Å². The molecule has 3 aliphatic rings. The molecule has 1 saturated carbocycles. The first-order valence-corrected chi connectivity index (χ1v) is 14.0. The number of hydrogen-bond donors (Lipinski definition) is 2. The van der Waals surface area contributed by atoms with Crippen LogP contribution in [0.25, 0.3) is 0 Å². The van der Waals surface area contributed by atoms with Crippen LogP contribution in [0, 0.1) is 23.2 Å². The monoisotopic (exact) mass is 502 g/mol. The molecule has 1 aromatic rings. The molecule has 0 unspecified atom stereocenters. The number of phenols is 1. The highest BCUT2D eigenvalue weighted by atomic mass is 16.5. The SMILES string of the molecule is CCOc1cc(CN2CC[C@H]3CC(=O)N(CC4CC4)C[C@H](O)C(C)(C)COCCC[C@H]3C2)ccc1O. The number of nitrogens with zero attached hydrogens (tertiary/aromatic N) is 2. The molecule has 2 heterocycles. The van der Waals surface area contributed by atoms with E-state index in [9.17, 15) is 15.0 Å². The zero-order valence-electron chi connectivity index (χ0n) is 22.5. The normalized spacial score (nSPS) is 28.5. The first kappa shape index (κ1) is 27.2. The van der Waals surface area contributed by atoms with E-state index in [1.165, 1.54) is 12.8 Å². The number of piperidine rings is 1. The maximum atomic E-state index is 13.5. The third-order valence-electron chi connectivity index (χ3n) is 8.30. The molecule has 0 aromatic heterocycles. The maximum Gasteiger partial charge on any atom is 0.222 e. The molecule has 0 bridgehead atoms. The highest BCUT2D eigenvalue weighted by molar-refractivity contribution is 5.76. The summed E-state index contributed by atoms with van der Waals surface area (Å²) in [7, 11) is 0. The Kier molecular flexibility index (Phi) is 9.18. The quantitative estimate of drug-likeness (QED) is 0.611. The van der Waals surface area contributed by atoms with Crippen molar-refractivity contribution in [2.45, 2.75) is 71.9 Å². The molecular formula is C29H46N2O5. The molecule has 2 N–H and O–H groups in total. The van der Waals surface area contributed by atoms with Gasteiger partial charge >= 0.3 is 0 Å². The zero-order chi connectivity index (χ0) is 25.7. The topological polar surface area (TPSA) is 82.5 Å². The first-order chi connectivity index (χ1) is 17.2. The maximum absolute atomic E-state index is 13.5. The Morgan fingerprint density at radius 1 is 1.14 bits per heavy atom. The van der Waals surface area contributed by atoms with Crippen molar-refractivity contribution in [1.82, 2.24) is 9.80 Å². The van der Waals surface area contributed by atoms with Gasteiger partial charge in [-0.15, -0.1) is 0 Å². The average molecular weight is 503 g/mol. The van der Waals surface area contributed by atoms with Crippen LogP contribution >= 0.6 is 0 Å². The number of likely N-dealkylation sites (tertiary alicyclic amines) is 1. The molecule has 3 atom stereocenters. The summed E-state index contributed by atoms with van der Waals surface area (Å²) in [5.74, 6) is 2.32. The molecule has 202 valence electrons. The van der Waals surface area contributed by atoms with E-state index in [4.69, 9.17) is 9.47 Å². The molecule has 3 fully saturated rings. The summed E-state index contributed by atoms with van der Waals surface area (Å²) in [6.07, 6.45) is 5.37. The molecular weight excluding hydrogens is 456 g/mol. The predicted octanol–water partition coefficient (Wildman–Crippen LogP) is 4.06. The smallest absolute Gasteiger partial charge is 0.222 e. The highest BCUT2D eigenvalue weighted by Gasteiger charge is 2.37. The number of amides is 1. The first-order valence-electron chi connectivity index (χ1n) is 14.0. The molecule has 36 heavy (non-hydrogen) atoms. The summed E-state index contributed by atoms with van der Waals surface area (Å²) in [5, 5.41) is 21.0. The molecule has 0 spiro atoms. The van der Waals surface area contributed by atoms with Crippen LogP contribution in [-0.2, 0) is 16.1 Å². The molecule has 1 amide bonds. The highest BCUT2D eigenvalue weighted by Crippen LogP contribution is 2.35. The number of aliphatic hydroxyl groups is 1. The standard InChI is InChI=1S/C29H46N2O5/c1-4-36-26-14-22(9-10-25(26)32)16-30-12-11-23-15-28(34)31(17-21-7-8-21)19-27(33)29(2,3)20-35-13-5-6-24(23)18-30/h9-10,14,21,23-24,27,32-33H,4-8,11-13,15-20H2,1-3H3/t23-,24-,27-/m0/s1. The third-order valence-corrected chi connectivity index (χ3v) is 8.30. The van der Waals surface area contributed by atoms with Crippen molar-refractivity contribution in [3.63, 3.8) is 0 Å². The number of β-amino-alcohol motifs (C(OH)–C–C–N with tert-alkyl or cyclic N) is 1. The van der Waals surface area contributed by atoms with Crippen molar-refractivity contribution < 1.29 is 24.5 Å². The Morgan fingerprint density at radius 2 is 1.94 bits per heavy atom. The van der Waals surface area contributed by atoms with Crippen LogP contribution in [0.2, 0.25) is 0 Å². The van der Waals surface area contributed by atoms with Gasteiger partial charge in [-0.3, -0.25) is 9.69 Å². The summed E-state index contributed by atoms with van der Waals surface area (Å²) in [6, 6.07) is 5.62. The molecule has 7 heteroatoms. The Labute approximate surface area is 216 Å². The number of phenolic OH excluding ortho intramolecular Hbond substituents is 1. The van der Waals surface area contributed by atoms with Crippen LogP contribution in [0.1, 0.15) is 64.9 Å². The molecule has 7 nitrogen and oxygen atoms in total. The van der Waals surface area contributed by atoms with Crippen LogP contribution in [0.15, 0.2) is 18.2 Å². The Balaban J connectivity index is 1.44. The van der Waals surface area contributed by atoms with Gasteiger partial charge in [0.1, 0.15) is 0 Å². The van der Waals surface area contributed by atoms with Crippen LogP contribution < -0.4 is 4.74 Å². The van der Waals surface area contributed by atoms with E-state index >= 15 is 0 Å². The molecule has 1 aliphatic carbocycles. The van der Waals surface area contributed by atoms with Crippen molar-refractivity contribution in [1.29, 1.82) is 0 Å².